The van der Waals surface area contributed by atoms with Gasteiger partial charge in [0.2, 0.25) is 0 Å². The minimum atomic E-state index is 0.112. The maximum atomic E-state index is 12.1. The third-order valence-corrected chi connectivity index (χ3v) is 3.99. The Kier molecular flexibility index (Phi) is 3.51. The normalized spacial score (nSPS) is 14.1. The summed E-state index contributed by atoms with van der Waals surface area (Å²) in [5.41, 5.74) is 6.40. The van der Waals surface area contributed by atoms with E-state index in [1.807, 2.05) is 24.9 Å². The minimum Gasteiger partial charge on any atom is -0.338 e. The number of aryl methyl sites for hydroxylation is 1. The molecule has 0 aliphatic heterocycles. The van der Waals surface area contributed by atoms with Crippen LogP contribution in [0.2, 0.25) is 0 Å². The lowest BCUT2D eigenvalue weighted by atomic mass is 10.2. The van der Waals surface area contributed by atoms with Gasteiger partial charge in [0.25, 0.3) is 5.91 Å². The summed E-state index contributed by atoms with van der Waals surface area (Å²) in [7, 11) is 1.88. The molecular formula is C13H16N2OS. The highest BCUT2D eigenvalue weighted by molar-refractivity contribution is 7.14. The Bertz CT molecular complexity index is 491. The van der Waals surface area contributed by atoms with Crippen LogP contribution >= 0.6 is 11.3 Å². The largest absolute Gasteiger partial charge is 0.338 e. The number of carbonyl (C=O) groups excluding carboxylic acids is 1. The Labute approximate surface area is 106 Å². The van der Waals surface area contributed by atoms with E-state index in [1.165, 1.54) is 11.3 Å². The molecule has 1 saturated carbocycles. The first kappa shape index (κ1) is 12.2. The molecule has 2 rings (SSSR count). The lowest BCUT2D eigenvalue weighted by Crippen LogP contribution is -2.27. The Hall–Kier alpha value is -1.31. The van der Waals surface area contributed by atoms with Gasteiger partial charge in [-0.1, -0.05) is 11.8 Å². The lowest BCUT2D eigenvalue weighted by Gasteiger charge is -2.14. The summed E-state index contributed by atoms with van der Waals surface area (Å²) < 4.78 is 0. The van der Waals surface area contributed by atoms with Gasteiger partial charge in [-0.3, -0.25) is 4.79 Å². The van der Waals surface area contributed by atoms with Gasteiger partial charge in [-0.2, -0.15) is 0 Å². The van der Waals surface area contributed by atoms with E-state index >= 15 is 0 Å². The minimum absolute atomic E-state index is 0.112. The van der Waals surface area contributed by atoms with Crippen molar-refractivity contribution in [3.05, 3.63) is 21.4 Å². The Morgan fingerprint density at radius 2 is 2.35 bits per heavy atom. The number of carbonyl (C=O) groups is 1. The standard InChI is InChI=1S/C13H16N2OS/c1-9-8-12(17-11(9)4-3-7-14)13(16)15(2)10-5-6-10/h8,10H,5-7,14H2,1-2H3. The molecule has 0 atom stereocenters. The van der Waals surface area contributed by atoms with E-state index in [0.717, 1.165) is 28.2 Å². The van der Waals surface area contributed by atoms with Crippen LogP contribution in [-0.2, 0) is 0 Å². The number of rotatable bonds is 2. The third-order valence-electron chi connectivity index (χ3n) is 2.85. The molecule has 1 aromatic rings. The van der Waals surface area contributed by atoms with Gasteiger partial charge in [-0.15, -0.1) is 11.3 Å². The van der Waals surface area contributed by atoms with Crippen LogP contribution < -0.4 is 5.73 Å². The highest BCUT2D eigenvalue weighted by Gasteiger charge is 2.30. The number of nitrogens with zero attached hydrogens (tertiary/aromatic N) is 1. The lowest BCUT2D eigenvalue weighted by molar-refractivity contribution is 0.0790. The van der Waals surface area contributed by atoms with Crippen molar-refractivity contribution < 1.29 is 4.79 Å². The molecule has 2 N–H and O–H groups in total. The van der Waals surface area contributed by atoms with Crippen LogP contribution in [0.4, 0.5) is 0 Å². The molecule has 0 bridgehead atoms. The van der Waals surface area contributed by atoms with Gasteiger partial charge in [0.1, 0.15) is 0 Å². The zero-order chi connectivity index (χ0) is 12.4. The van der Waals surface area contributed by atoms with Crippen molar-refractivity contribution in [2.45, 2.75) is 25.8 Å². The van der Waals surface area contributed by atoms with Crippen LogP contribution in [0.15, 0.2) is 6.07 Å². The fourth-order valence-corrected chi connectivity index (χ4v) is 2.67. The van der Waals surface area contributed by atoms with Gasteiger partial charge in [-0.25, -0.2) is 0 Å². The molecule has 1 heterocycles. The van der Waals surface area contributed by atoms with Crippen molar-refractivity contribution in [2.24, 2.45) is 5.73 Å². The molecule has 1 aliphatic carbocycles. The summed E-state index contributed by atoms with van der Waals surface area (Å²) in [6.45, 7) is 2.33. The number of thiophene rings is 1. The Balaban J connectivity index is 2.18. The first-order chi connectivity index (χ1) is 8.13. The van der Waals surface area contributed by atoms with E-state index in [2.05, 4.69) is 11.8 Å². The van der Waals surface area contributed by atoms with E-state index < -0.39 is 0 Å². The maximum absolute atomic E-state index is 12.1. The monoisotopic (exact) mass is 248 g/mol. The van der Waals surface area contributed by atoms with Crippen molar-refractivity contribution in [1.29, 1.82) is 0 Å². The van der Waals surface area contributed by atoms with Crippen LogP contribution in [0.1, 0.15) is 33.0 Å². The van der Waals surface area contributed by atoms with Gasteiger partial charge < -0.3 is 10.6 Å². The first-order valence-corrected chi connectivity index (χ1v) is 6.51. The molecule has 1 amide bonds. The smallest absolute Gasteiger partial charge is 0.263 e. The van der Waals surface area contributed by atoms with Crippen LogP contribution in [0.3, 0.4) is 0 Å². The number of hydrogen-bond donors (Lipinski definition) is 1. The molecule has 17 heavy (non-hydrogen) atoms. The summed E-state index contributed by atoms with van der Waals surface area (Å²) in [6, 6.07) is 2.37. The molecular weight excluding hydrogens is 232 g/mol. The van der Waals surface area contributed by atoms with Crippen LogP contribution in [0.5, 0.6) is 0 Å². The van der Waals surface area contributed by atoms with Gasteiger partial charge in [0.05, 0.1) is 16.3 Å². The highest BCUT2D eigenvalue weighted by Crippen LogP contribution is 2.29. The molecule has 0 spiro atoms. The summed E-state index contributed by atoms with van der Waals surface area (Å²) in [6.07, 6.45) is 2.26. The molecule has 4 heteroatoms. The number of amides is 1. The number of nitrogens with two attached hydrogens (primary N) is 1. The van der Waals surface area contributed by atoms with Gasteiger partial charge in [-0.05, 0) is 31.4 Å². The predicted octanol–water partition coefficient (Wildman–Crippen LogP) is 1.60. The van der Waals surface area contributed by atoms with Crippen molar-refractivity contribution in [1.82, 2.24) is 4.90 Å². The van der Waals surface area contributed by atoms with E-state index in [0.29, 0.717) is 12.6 Å². The number of hydrogen-bond acceptors (Lipinski definition) is 3. The second-order valence-electron chi connectivity index (χ2n) is 4.28. The molecule has 3 nitrogen and oxygen atoms in total. The fourth-order valence-electron chi connectivity index (χ4n) is 1.64. The van der Waals surface area contributed by atoms with Crippen LogP contribution in [0.25, 0.3) is 0 Å². The molecule has 0 radical (unpaired) electrons. The van der Waals surface area contributed by atoms with Crippen LogP contribution in [-0.4, -0.2) is 30.4 Å². The van der Waals surface area contributed by atoms with Gasteiger partial charge >= 0.3 is 0 Å². The molecule has 1 aliphatic rings. The van der Waals surface area contributed by atoms with E-state index in [4.69, 9.17) is 5.73 Å². The van der Waals surface area contributed by atoms with Gasteiger partial charge in [0.15, 0.2) is 0 Å². The third kappa shape index (κ3) is 2.68. The maximum Gasteiger partial charge on any atom is 0.263 e. The second kappa shape index (κ2) is 4.91. The summed E-state index contributed by atoms with van der Waals surface area (Å²) >= 11 is 1.46. The zero-order valence-electron chi connectivity index (χ0n) is 10.1. The highest BCUT2D eigenvalue weighted by atomic mass is 32.1. The van der Waals surface area contributed by atoms with Crippen molar-refractivity contribution >= 4 is 17.2 Å². The summed E-state index contributed by atoms with van der Waals surface area (Å²) in [4.78, 5) is 15.7. The second-order valence-corrected chi connectivity index (χ2v) is 5.33. The molecule has 1 fully saturated rings. The van der Waals surface area contributed by atoms with E-state index in [1.54, 1.807) is 0 Å². The summed E-state index contributed by atoms with van der Waals surface area (Å²) in [5, 5.41) is 0. The molecule has 0 saturated heterocycles. The summed E-state index contributed by atoms with van der Waals surface area (Å²) in [5.74, 6) is 5.94. The Morgan fingerprint density at radius 1 is 1.65 bits per heavy atom. The van der Waals surface area contributed by atoms with E-state index in [9.17, 15) is 4.79 Å². The quantitative estimate of drug-likeness (QED) is 0.808. The first-order valence-electron chi connectivity index (χ1n) is 5.70. The fraction of sp³-hybridized carbons (Fsp3) is 0.462. The van der Waals surface area contributed by atoms with Crippen molar-refractivity contribution in [2.75, 3.05) is 13.6 Å². The Morgan fingerprint density at radius 3 is 2.94 bits per heavy atom. The SMILES string of the molecule is Cc1cc(C(=O)N(C)C2CC2)sc1C#CCN. The zero-order valence-corrected chi connectivity index (χ0v) is 10.9. The van der Waals surface area contributed by atoms with Gasteiger partial charge in [0, 0.05) is 13.1 Å². The predicted molar refractivity (Wildman–Crippen MR) is 70.1 cm³/mol. The van der Waals surface area contributed by atoms with E-state index in [-0.39, 0.29) is 5.91 Å². The van der Waals surface area contributed by atoms with Crippen LogP contribution in [0, 0.1) is 18.8 Å². The topological polar surface area (TPSA) is 46.3 Å². The molecule has 0 unspecified atom stereocenters. The average Bonchev–Trinajstić information content (AvgIpc) is 3.09. The van der Waals surface area contributed by atoms with Crippen molar-refractivity contribution in [3.8, 4) is 11.8 Å². The average molecular weight is 248 g/mol. The molecule has 90 valence electrons. The molecule has 0 aromatic carbocycles. The molecule has 1 aromatic heterocycles. The van der Waals surface area contributed by atoms with Crippen molar-refractivity contribution in [3.63, 3.8) is 0 Å².